The lowest BCUT2D eigenvalue weighted by atomic mass is 9.85. The molecule has 2 atom stereocenters. The summed E-state index contributed by atoms with van der Waals surface area (Å²) in [7, 11) is 3.85. The molecule has 2 aromatic heterocycles. The van der Waals surface area contributed by atoms with E-state index >= 15 is 0 Å². The van der Waals surface area contributed by atoms with Crippen LogP contribution in [-0.2, 0) is 21.5 Å². The largest absolute Gasteiger partial charge is 0.472 e. The molecule has 0 aliphatic carbocycles. The van der Waals surface area contributed by atoms with Crippen molar-refractivity contribution in [2.45, 2.75) is 44.3 Å². The number of fused-ring (bicyclic) bond motifs is 2. The summed E-state index contributed by atoms with van der Waals surface area (Å²) in [6.07, 6.45) is 8.04. The van der Waals surface area contributed by atoms with Crippen molar-refractivity contribution in [2.75, 3.05) is 27.2 Å². The Morgan fingerprint density at radius 2 is 2.14 bits per heavy atom. The Morgan fingerprint density at radius 1 is 1.38 bits per heavy atom. The van der Waals surface area contributed by atoms with Gasteiger partial charge in [-0.25, -0.2) is 4.98 Å². The number of carbonyl (C=O) groups excluding carboxylic acids is 2. The Labute approximate surface area is 170 Å². The summed E-state index contributed by atoms with van der Waals surface area (Å²) in [5, 5.41) is 3.21. The third-order valence-electron chi connectivity index (χ3n) is 6.11. The number of imidazole rings is 1. The number of aromatic nitrogens is 2. The molecule has 0 bridgehead atoms. The van der Waals surface area contributed by atoms with Gasteiger partial charge in [-0.1, -0.05) is 13.8 Å². The van der Waals surface area contributed by atoms with Crippen LogP contribution in [0.25, 0.3) is 0 Å². The van der Waals surface area contributed by atoms with E-state index in [1.807, 2.05) is 36.2 Å². The van der Waals surface area contributed by atoms with Crippen molar-refractivity contribution in [1.82, 2.24) is 24.7 Å². The fraction of sp³-hybridized carbons (Fsp3) is 0.571. The molecule has 2 aliphatic rings. The molecule has 1 saturated heterocycles. The molecule has 2 amide bonds. The molecule has 2 aromatic rings. The maximum atomic E-state index is 12.9. The summed E-state index contributed by atoms with van der Waals surface area (Å²) in [6.45, 7) is 5.38. The Hall–Kier alpha value is -2.61. The van der Waals surface area contributed by atoms with Crippen molar-refractivity contribution < 1.29 is 14.0 Å². The van der Waals surface area contributed by atoms with Gasteiger partial charge in [0.15, 0.2) is 0 Å². The fourth-order valence-electron chi connectivity index (χ4n) is 4.85. The van der Waals surface area contributed by atoms with Crippen molar-refractivity contribution in [1.29, 1.82) is 0 Å². The highest BCUT2D eigenvalue weighted by Crippen LogP contribution is 2.44. The van der Waals surface area contributed by atoms with Crippen LogP contribution < -0.4 is 5.32 Å². The van der Waals surface area contributed by atoms with Gasteiger partial charge in [-0.3, -0.25) is 14.5 Å². The van der Waals surface area contributed by atoms with Crippen LogP contribution in [0.1, 0.15) is 37.7 Å². The minimum absolute atomic E-state index is 0.0220. The molecule has 0 aromatic carbocycles. The van der Waals surface area contributed by atoms with Crippen LogP contribution in [0.2, 0.25) is 0 Å². The van der Waals surface area contributed by atoms with Gasteiger partial charge in [0.2, 0.25) is 11.8 Å². The van der Waals surface area contributed by atoms with Crippen LogP contribution in [0.3, 0.4) is 0 Å². The number of hydrogen-bond acceptors (Lipinski definition) is 5. The molecular formula is C21H29N5O3. The molecule has 1 spiro atoms. The highest BCUT2D eigenvalue weighted by molar-refractivity contribution is 5.82. The first kappa shape index (κ1) is 19.7. The van der Waals surface area contributed by atoms with Gasteiger partial charge in [-0.2, -0.15) is 0 Å². The summed E-state index contributed by atoms with van der Waals surface area (Å²) in [5.41, 5.74) is 0.709. The number of carbonyl (C=O) groups is 2. The fourth-order valence-corrected chi connectivity index (χ4v) is 4.85. The van der Waals surface area contributed by atoms with Gasteiger partial charge in [0.1, 0.15) is 5.82 Å². The Bertz CT molecular complexity index is 872. The van der Waals surface area contributed by atoms with Crippen LogP contribution in [0.15, 0.2) is 35.4 Å². The van der Waals surface area contributed by atoms with E-state index in [-0.39, 0.29) is 35.4 Å². The second kappa shape index (κ2) is 7.33. The molecule has 4 heterocycles. The summed E-state index contributed by atoms with van der Waals surface area (Å²) in [6, 6.07) is 1.49. The van der Waals surface area contributed by atoms with Crippen molar-refractivity contribution in [3.63, 3.8) is 0 Å². The lowest BCUT2D eigenvalue weighted by molar-refractivity contribution is -0.141. The quantitative estimate of drug-likeness (QED) is 0.794. The maximum Gasteiger partial charge on any atom is 0.238 e. The average molecular weight is 399 g/mol. The summed E-state index contributed by atoms with van der Waals surface area (Å²) < 4.78 is 7.21. The van der Waals surface area contributed by atoms with E-state index in [2.05, 4.69) is 28.7 Å². The van der Waals surface area contributed by atoms with Crippen molar-refractivity contribution in [3.8, 4) is 0 Å². The van der Waals surface area contributed by atoms with Crippen LogP contribution in [0.4, 0.5) is 0 Å². The van der Waals surface area contributed by atoms with Crippen LogP contribution >= 0.6 is 0 Å². The standard InChI is InChI=1S/C21H29N5O3/c1-14(2)18(24(3)4)20(28)23-16-10-21(26-7-6-22-19(16)26)12-25(13-21)17(27)9-15-5-8-29-11-15/h5-8,11,14,16,18H,9-10,12-13H2,1-4H3,(H,23,28)/t16?,18-/m0/s1. The molecule has 1 unspecified atom stereocenters. The van der Waals surface area contributed by atoms with Crippen LogP contribution in [0.5, 0.6) is 0 Å². The van der Waals surface area contributed by atoms with Gasteiger partial charge < -0.3 is 19.2 Å². The monoisotopic (exact) mass is 399 g/mol. The van der Waals surface area contributed by atoms with Crippen LogP contribution in [-0.4, -0.2) is 64.4 Å². The number of likely N-dealkylation sites (N-methyl/N-ethyl adjacent to an activating group) is 1. The third-order valence-corrected chi connectivity index (χ3v) is 6.11. The van der Waals surface area contributed by atoms with Gasteiger partial charge in [0.05, 0.1) is 36.6 Å². The number of nitrogens with zero attached hydrogens (tertiary/aromatic N) is 4. The molecular weight excluding hydrogens is 370 g/mol. The van der Waals surface area contributed by atoms with E-state index in [1.54, 1.807) is 18.7 Å². The molecule has 1 fully saturated rings. The van der Waals surface area contributed by atoms with Gasteiger partial charge >= 0.3 is 0 Å². The molecule has 0 saturated carbocycles. The zero-order chi connectivity index (χ0) is 20.8. The highest BCUT2D eigenvalue weighted by Gasteiger charge is 2.53. The number of rotatable bonds is 6. The Morgan fingerprint density at radius 3 is 2.76 bits per heavy atom. The number of amides is 2. The van der Waals surface area contributed by atoms with Gasteiger partial charge in [-0.15, -0.1) is 0 Å². The Balaban J connectivity index is 1.43. The topological polar surface area (TPSA) is 83.6 Å². The molecule has 0 radical (unpaired) electrons. The van der Waals surface area contributed by atoms with Crippen LogP contribution in [0, 0.1) is 5.92 Å². The summed E-state index contributed by atoms with van der Waals surface area (Å²) >= 11 is 0. The van der Waals surface area contributed by atoms with E-state index < -0.39 is 0 Å². The summed E-state index contributed by atoms with van der Waals surface area (Å²) in [4.78, 5) is 33.8. The highest BCUT2D eigenvalue weighted by atomic mass is 16.3. The molecule has 2 aliphatic heterocycles. The first-order valence-corrected chi connectivity index (χ1v) is 10.1. The zero-order valence-electron chi connectivity index (χ0n) is 17.5. The van der Waals surface area contributed by atoms with Crippen molar-refractivity contribution in [2.24, 2.45) is 5.92 Å². The number of nitrogens with one attached hydrogen (secondary N) is 1. The van der Waals surface area contributed by atoms with Crippen molar-refractivity contribution in [3.05, 3.63) is 42.4 Å². The molecule has 8 nitrogen and oxygen atoms in total. The smallest absolute Gasteiger partial charge is 0.238 e. The lowest BCUT2D eigenvalue weighted by Crippen LogP contribution is -2.63. The summed E-state index contributed by atoms with van der Waals surface area (Å²) in [5.74, 6) is 1.20. The first-order valence-electron chi connectivity index (χ1n) is 10.1. The van der Waals surface area contributed by atoms with E-state index in [0.29, 0.717) is 19.5 Å². The van der Waals surface area contributed by atoms with Gasteiger partial charge in [-0.05, 0) is 31.6 Å². The van der Waals surface area contributed by atoms with E-state index in [4.69, 9.17) is 4.42 Å². The van der Waals surface area contributed by atoms with E-state index in [1.165, 1.54) is 0 Å². The normalized spacial score (nSPS) is 20.8. The minimum atomic E-state index is -0.190. The predicted molar refractivity (Wildman–Crippen MR) is 107 cm³/mol. The average Bonchev–Trinajstić information content (AvgIpc) is 3.30. The molecule has 1 N–H and O–H groups in total. The molecule has 156 valence electrons. The predicted octanol–water partition coefficient (Wildman–Crippen LogP) is 1.40. The minimum Gasteiger partial charge on any atom is -0.472 e. The number of furan rings is 1. The lowest BCUT2D eigenvalue weighted by Gasteiger charge is -2.49. The maximum absolute atomic E-state index is 12.9. The van der Waals surface area contributed by atoms with E-state index in [0.717, 1.165) is 17.8 Å². The second-order valence-electron chi connectivity index (χ2n) is 8.86. The van der Waals surface area contributed by atoms with Gasteiger partial charge in [0, 0.05) is 31.9 Å². The zero-order valence-corrected chi connectivity index (χ0v) is 17.5. The molecule has 29 heavy (non-hydrogen) atoms. The second-order valence-corrected chi connectivity index (χ2v) is 8.86. The Kier molecular flexibility index (Phi) is 4.98. The number of likely N-dealkylation sites (tertiary alicyclic amines) is 1. The third kappa shape index (κ3) is 3.46. The number of hydrogen-bond donors (Lipinski definition) is 1. The first-order chi connectivity index (χ1) is 13.8. The SMILES string of the molecule is CC(C)[C@@H](C(=O)NC1CC2(CN(C(=O)Cc3ccoc3)C2)n2ccnc21)N(C)C. The van der Waals surface area contributed by atoms with E-state index in [9.17, 15) is 9.59 Å². The molecule has 8 heteroatoms. The molecule has 4 rings (SSSR count). The van der Waals surface area contributed by atoms with Crippen molar-refractivity contribution >= 4 is 11.8 Å². The van der Waals surface area contributed by atoms with Gasteiger partial charge in [0.25, 0.3) is 0 Å².